The number of amides is 3. The van der Waals surface area contributed by atoms with Crippen molar-refractivity contribution in [3.63, 3.8) is 0 Å². The predicted octanol–water partition coefficient (Wildman–Crippen LogP) is 2.73. The van der Waals surface area contributed by atoms with Gasteiger partial charge in [-0.15, -0.1) is 0 Å². The highest BCUT2D eigenvalue weighted by atomic mass is 16.6. The van der Waals surface area contributed by atoms with E-state index in [0.717, 1.165) is 29.7 Å². The van der Waals surface area contributed by atoms with Gasteiger partial charge in [-0.1, -0.05) is 30.3 Å². The molecule has 11 heteroatoms. The molecule has 1 N–H and O–H groups in total. The maximum Gasteiger partial charge on any atom is 0.330 e. The Morgan fingerprint density at radius 1 is 1.08 bits per heavy atom. The molecule has 5 atom stereocenters. The highest BCUT2D eigenvalue weighted by Gasteiger charge is 2.62. The van der Waals surface area contributed by atoms with Crippen LogP contribution in [0, 0.1) is 33.8 Å². The Hall–Kier alpha value is -4.28. The van der Waals surface area contributed by atoms with Crippen LogP contribution in [-0.2, 0) is 30.3 Å². The van der Waals surface area contributed by atoms with E-state index in [4.69, 9.17) is 9.47 Å². The number of nitrogens with zero attached hydrogens (tertiary/aromatic N) is 2. The van der Waals surface area contributed by atoms with Crippen LogP contribution in [0.1, 0.15) is 24.8 Å². The minimum atomic E-state index is -1.22. The van der Waals surface area contributed by atoms with Gasteiger partial charge in [-0.25, -0.2) is 4.79 Å². The molecule has 1 saturated heterocycles. The van der Waals surface area contributed by atoms with Gasteiger partial charge in [0.15, 0.2) is 6.61 Å². The summed E-state index contributed by atoms with van der Waals surface area (Å²) in [5.41, 5.74) is 0.248. The van der Waals surface area contributed by atoms with Crippen molar-refractivity contribution in [2.75, 3.05) is 19.0 Å². The van der Waals surface area contributed by atoms with Crippen LogP contribution in [0.5, 0.6) is 5.75 Å². The Labute approximate surface area is 218 Å². The van der Waals surface area contributed by atoms with Gasteiger partial charge in [-0.2, -0.15) is 0 Å². The Balaban J connectivity index is 1.32. The lowest BCUT2D eigenvalue weighted by atomic mass is 9.81. The fraction of sp³-hybridized carbons (Fsp3) is 0.407. The van der Waals surface area contributed by atoms with Crippen molar-refractivity contribution < 1.29 is 33.6 Å². The van der Waals surface area contributed by atoms with Crippen LogP contribution in [0.25, 0.3) is 0 Å². The monoisotopic (exact) mass is 521 g/mol. The number of esters is 1. The first-order valence-electron chi connectivity index (χ1n) is 12.5. The number of likely N-dealkylation sites (tertiary alicyclic amines) is 1. The lowest BCUT2D eigenvalue weighted by Gasteiger charge is -2.26. The van der Waals surface area contributed by atoms with E-state index in [2.05, 4.69) is 5.32 Å². The van der Waals surface area contributed by atoms with Gasteiger partial charge in [-0.05, 0) is 42.7 Å². The summed E-state index contributed by atoms with van der Waals surface area (Å²) in [4.78, 5) is 64.4. The van der Waals surface area contributed by atoms with Crippen LogP contribution >= 0.6 is 0 Å². The van der Waals surface area contributed by atoms with Crippen molar-refractivity contribution in [3.05, 3.63) is 64.2 Å². The lowest BCUT2D eigenvalue weighted by molar-refractivity contribution is -0.383. The lowest BCUT2D eigenvalue weighted by Crippen LogP contribution is -2.48. The van der Waals surface area contributed by atoms with Crippen molar-refractivity contribution in [1.29, 1.82) is 0 Å². The average molecular weight is 522 g/mol. The summed E-state index contributed by atoms with van der Waals surface area (Å²) in [5.74, 6) is -2.60. The number of rotatable bonds is 9. The third kappa shape index (κ3) is 4.59. The van der Waals surface area contributed by atoms with E-state index in [1.165, 1.54) is 25.3 Å². The number of nitro benzene ring substituents is 1. The Morgan fingerprint density at radius 3 is 2.34 bits per heavy atom. The van der Waals surface area contributed by atoms with E-state index in [9.17, 15) is 29.3 Å². The molecule has 0 unspecified atom stereocenters. The number of hydrogen-bond donors (Lipinski definition) is 1. The Bertz CT molecular complexity index is 1270. The zero-order valence-corrected chi connectivity index (χ0v) is 20.7. The number of hydrogen-bond acceptors (Lipinski definition) is 8. The number of ether oxygens (including phenoxy) is 2. The molecule has 0 radical (unpaired) electrons. The molecular weight excluding hydrogens is 494 g/mol. The fourth-order valence-electron chi connectivity index (χ4n) is 6.18. The molecule has 2 aromatic rings. The minimum absolute atomic E-state index is 0.0505. The molecular formula is C27H27N3O8. The normalized spacial score (nSPS) is 24.2. The first kappa shape index (κ1) is 25.4. The second-order valence-corrected chi connectivity index (χ2v) is 9.93. The minimum Gasteiger partial charge on any atom is -0.497 e. The molecule has 0 aromatic heterocycles. The molecule has 2 saturated carbocycles. The van der Waals surface area contributed by atoms with Crippen molar-refractivity contribution in [2.45, 2.75) is 31.7 Å². The maximum absolute atomic E-state index is 13.4. The SMILES string of the molecule is COc1ccc([N+](=O)[O-])c(NC(=O)COC(=O)[C@@H](Cc2ccccc2)N2C(=O)[C@@H]3[C@H]4CC[C@@H](C4)[C@@H]3C2=O)c1. The third-order valence-corrected chi connectivity index (χ3v) is 7.84. The van der Waals surface area contributed by atoms with Gasteiger partial charge in [0.05, 0.1) is 23.9 Å². The predicted molar refractivity (Wildman–Crippen MR) is 133 cm³/mol. The van der Waals surface area contributed by atoms with Crippen LogP contribution in [-0.4, -0.2) is 53.3 Å². The number of nitrogens with one attached hydrogen (secondary N) is 1. The van der Waals surface area contributed by atoms with Crippen molar-refractivity contribution >= 4 is 35.1 Å². The maximum atomic E-state index is 13.4. The Kier molecular flexibility index (Phi) is 6.83. The standard InChI is InChI=1S/C27H27N3O8/c1-37-18-9-10-20(30(35)36)19(13-18)28-22(31)14-38-27(34)21(11-15-5-3-2-4-6-15)29-25(32)23-16-7-8-17(12-16)24(23)26(29)33/h2-6,9-10,13,16-17,21,23-24H,7-8,11-12,14H2,1H3,(H,28,31)/t16-,17-,21+,23-,24+/m0/s1. The summed E-state index contributed by atoms with van der Waals surface area (Å²) in [5, 5.41) is 13.7. The number of methoxy groups -OCH3 is 1. The van der Waals surface area contributed by atoms with Gasteiger partial charge in [0.25, 0.3) is 11.6 Å². The zero-order valence-electron chi connectivity index (χ0n) is 20.7. The van der Waals surface area contributed by atoms with Crippen LogP contribution in [0.3, 0.4) is 0 Å². The molecule has 38 heavy (non-hydrogen) atoms. The smallest absolute Gasteiger partial charge is 0.330 e. The highest BCUT2D eigenvalue weighted by Crippen LogP contribution is 2.56. The molecule has 3 amide bonds. The average Bonchev–Trinajstić information content (AvgIpc) is 3.60. The van der Waals surface area contributed by atoms with E-state index >= 15 is 0 Å². The molecule has 0 spiro atoms. The van der Waals surface area contributed by atoms with Crippen LogP contribution in [0.2, 0.25) is 0 Å². The zero-order chi connectivity index (χ0) is 27.0. The molecule has 2 bridgehead atoms. The summed E-state index contributed by atoms with van der Waals surface area (Å²) >= 11 is 0. The van der Waals surface area contributed by atoms with Gasteiger partial charge < -0.3 is 14.8 Å². The number of benzene rings is 2. The second kappa shape index (κ2) is 10.2. The molecule has 1 heterocycles. The summed E-state index contributed by atoms with van der Waals surface area (Å²) in [6.07, 6.45) is 2.73. The van der Waals surface area contributed by atoms with E-state index < -0.39 is 41.3 Å². The van der Waals surface area contributed by atoms with Gasteiger partial charge >= 0.3 is 5.97 Å². The van der Waals surface area contributed by atoms with Crippen molar-refractivity contribution in [3.8, 4) is 5.75 Å². The van der Waals surface area contributed by atoms with E-state index in [0.29, 0.717) is 0 Å². The highest BCUT2D eigenvalue weighted by molar-refractivity contribution is 6.08. The first-order valence-corrected chi connectivity index (χ1v) is 12.5. The quantitative estimate of drug-likeness (QED) is 0.229. The molecule has 198 valence electrons. The van der Waals surface area contributed by atoms with Gasteiger partial charge in [0.1, 0.15) is 17.5 Å². The first-order chi connectivity index (χ1) is 18.3. The summed E-state index contributed by atoms with van der Waals surface area (Å²) in [6.45, 7) is -0.757. The van der Waals surface area contributed by atoms with Crippen LogP contribution < -0.4 is 10.1 Å². The number of nitro groups is 1. The number of carbonyl (C=O) groups excluding carboxylic acids is 4. The summed E-state index contributed by atoms with van der Waals surface area (Å²) < 4.78 is 10.3. The largest absolute Gasteiger partial charge is 0.497 e. The molecule has 1 aliphatic heterocycles. The molecule has 2 aliphatic carbocycles. The molecule has 3 fully saturated rings. The van der Waals surface area contributed by atoms with Crippen molar-refractivity contribution in [1.82, 2.24) is 4.90 Å². The number of anilines is 1. The number of imide groups is 1. The van der Waals surface area contributed by atoms with E-state index in [1.807, 2.05) is 6.07 Å². The molecule has 3 aliphatic rings. The molecule has 11 nitrogen and oxygen atoms in total. The summed E-state index contributed by atoms with van der Waals surface area (Å²) in [7, 11) is 1.38. The topological polar surface area (TPSA) is 145 Å². The van der Waals surface area contributed by atoms with E-state index in [1.54, 1.807) is 24.3 Å². The third-order valence-electron chi connectivity index (χ3n) is 7.84. The van der Waals surface area contributed by atoms with E-state index in [-0.39, 0.29) is 47.2 Å². The second-order valence-electron chi connectivity index (χ2n) is 9.93. The van der Waals surface area contributed by atoms with Gasteiger partial charge in [0.2, 0.25) is 11.8 Å². The summed E-state index contributed by atoms with van der Waals surface area (Å²) in [6, 6.07) is 11.6. The van der Waals surface area contributed by atoms with Crippen LogP contribution in [0.4, 0.5) is 11.4 Å². The fourth-order valence-corrected chi connectivity index (χ4v) is 6.18. The number of fused-ring (bicyclic) bond motifs is 5. The van der Waals surface area contributed by atoms with Crippen LogP contribution in [0.15, 0.2) is 48.5 Å². The Morgan fingerprint density at radius 2 is 1.74 bits per heavy atom. The number of carbonyl (C=O) groups is 4. The molecule has 5 rings (SSSR count). The van der Waals surface area contributed by atoms with Crippen molar-refractivity contribution in [2.24, 2.45) is 23.7 Å². The molecule has 2 aromatic carbocycles. The van der Waals surface area contributed by atoms with Gasteiger partial charge in [0, 0.05) is 18.6 Å². The van der Waals surface area contributed by atoms with Gasteiger partial charge in [-0.3, -0.25) is 29.4 Å².